The Bertz CT molecular complexity index is 1190. The van der Waals surface area contributed by atoms with Crippen molar-refractivity contribution in [1.29, 1.82) is 0 Å². The molecule has 1 aliphatic carbocycles. The number of phenols is 2. The molecule has 0 spiro atoms. The molecular formula is C25H24O8. The van der Waals surface area contributed by atoms with Crippen LogP contribution in [0.3, 0.4) is 0 Å². The van der Waals surface area contributed by atoms with Crippen molar-refractivity contribution in [3.05, 3.63) is 70.3 Å². The van der Waals surface area contributed by atoms with Crippen LogP contribution < -0.4 is 0 Å². The molecule has 2 aromatic rings. The average Bonchev–Trinajstić information content (AvgIpc) is 2.72. The lowest BCUT2D eigenvalue weighted by molar-refractivity contribution is 0.0681. The number of aromatic hydroxyl groups is 2. The third-order valence-corrected chi connectivity index (χ3v) is 5.98. The summed E-state index contributed by atoms with van der Waals surface area (Å²) in [5.74, 6) is -6.01. The molecule has 172 valence electrons. The fourth-order valence-corrected chi connectivity index (χ4v) is 4.38. The van der Waals surface area contributed by atoms with Gasteiger partial charge in [-0.05, 0) is 62.4 Å². The van der Waals surface area contributed by atoms with Crippen molar-refractivity contribution in [2.24, 2.45) is 5.92 Å². The first-order chi connectivity index (χ1) is 15.4. The number of rotatable bonds is 6. The molecule has 0 unspecified atom stereocenters. The molecule has 0 saturated carbocycles. The average molecular weight is 452 g/mol. The van der Waals surface area contributed by atoms with E-state index in [1.54, 1.807) is 0 Å². The highest BCUT2D eigenvalue weighted by atomic mass is 16.4. The van der Waals surface area contributed by atoms with Gasteiger partial charge in [-0.3, -0.25) is 0 Å². The topological polar surface area (TPSA) is 152 Å². The zero-order chi connectivity index (χ0) is 24.6. The molecule has 0 aliphatic heterocycles. The first-order valence-corrected chi connectivity index (χ1v) is 10.2. The molecular weight excluding hydrogens is 428 g/mol. The molecule has 8 nitrogen and oxygen atoms in total. The van der Waals surface area contributed by atoms with Gasteiger partial charge in [0.1, 0.15) is 17.1 Å². The lowest BCUT2D eigenvalue weighted by atomic mass is 9.73. The van der Waals surface area contributed by atoms with E-state index in [-0.39, 0.29) is 39.5 Å². The van der Waals surface area contributed by atoms with Gasteiger partial charge >= 0.3 is 17.9 Å². The van der Waals surface area contributed by atoms with Crippen molar-refractivity contribution in [3.63, 3.8) is 0 Å². The van der Waals surface area contributed by atoms with E-state index >= 15 is 0 Å². The Hall–Kier alpha value is -4.07. The van der Waals surface area contributed by atoms with Crippen LogP contribution in [0.5, 0.6) is 11.5 Å². The van der Waals surface area contributed by atoms with Crippen LogP contribution in [0.25, 0.3) is 11.1 Å². The summed E-state index contributed by atoms with van der Waals surface area (Å²) in [5, 5.41) is 50.5. The number of carboxylic acids is 3. The predicted molar refractivity (Wildman–Crippen MR) is 120 cm³/mol. The number of hydrogen-bond acceptors (Lipinski definition) is 5. The molecule has 0 amide bonds. The molecule has 8 heteroatoms. The second-order valence-electron chi connectivity index (χ2n) is 8.33. The minimum atomic E-state index is -1.51. The molecule has 2 atom stereocenters. The fourth-order valence-electron chi connectivity index (χ4n) is 4.38. The highest BCUT2D eigenvalue weighted by Gasteiger charge is 2.33. The fraction of sp³-hybridized carbons (Fsp3) is 0.240. The van der Waals surface area contributed by atoms with Gasteiger partial charge in [0.05, 0.1) is 11.1 Å². The first-order valence-electron chi connectivity index (χ1n) is 10.2. The maximum absolute atomic E-state index is 12.2. The zero-order valence-electron chi connectivity index (χ0n) is 18.1. The monoisotopic (exact) mass is 452 g/mol. The van der Waals surface area contributed by atoms with Gasteiger partial charge in [-0.2, -0.15) is 0 Å². The third kappa shape index (κ3) is 4.45. The number of carboxylic acid groups (broad SMARTS) is 3. The highest BCUT2D eigenvalue weighted by molar-refractivity contribution is 6.02. The van der Waals surface area contributed by atoms with Gasteiger partial charge in [0.15, 0.2) is 0 Å². The highest BCUT2D eigenvalue weighted by Crippen LogP contribution is 2.49. The van der Waals surface area contributed by atoms with Crippen LogP contribution in [0.4, 0.5) is 0 Å². The van der Waals surface area contributed by atoms with Gasteiger partial charge in [0, 0.05) is 17.0 Å². The van der Waals surface area contributed by atoms with Gasteiger partial charge < -0.3 is 25.5 Å². The number of phenolic OH excluding ortho intramolecular Hbond substituents is 1. The van der Waals surface area contributed by atoms with E-state index in [0.29, 0.717) is 6.42 Å². The Morgan fingerprint density at radius 2 is 1.52 bits per heavy atom. The van der Waals surface area contributed by atoms with E-state index in [4.69, 9.17) is 0 Å². The standard InChI is InChI=1S/C25H24O8/c1-11(2)16-5-4-12(3)6-18(16)20-19(26)10-17(21(22(20)27)25(32)33)13-7-14(23(28)29)9-15(8-13)24(30)31/h6-10,16,18,26-27H,1,4-5H2,2-3H3,(H,28,29)(H,30,31)(H,32,33)/t16-,18+/m0/s1. The third-order valence-electron chi connectivity index (χ3n) is 5.98. The molecule has 0 bridgehead atoms. The van der Waals surface area contributed by atoms with Gasteiger partial charge in [-0.25, -0.2) is 14.4 Å². The quantitative estimate of drug-likeness (QED) is 0.389. The minimum Gasteiger partial charge on any atom is -0.507 e. The number of aromatic carboxylic acids is 3. The molecule has 0 aromatic heterocycles. The van der Waals surface area contributed by atoms with E-state index in [1.165, 1.54) is 0 Å². The summed E-state index contributed by atoms with van der Waals surface area (Å²) >= 11 is 0. The summed E-state index contributed by atoms with van der Waals surface area (Å²) in [7, 11) is 0. The molecule has 0 radical (unpaired) electrons. The van der Waals surface area contributed by atoms with Gasteiger partial charge in [-0.1, -0.05) is 23.8 Å². The van der Waals surface area contributed by atoms with E-state index < -0.39 is 35.1 Å². The zero-order valence-corrected chi connectivity index (χ0v) is 18.1. The van der Waals surface area contributed by atoms with Crippen molar-refractivity contribution in [2.45, 2.75) is 32.6 Å². The van der Waals surface area contributed by atoms with Crippen LogP contribution in [0.2, 0.25) is 0 Å². The van der Waals surface area contributed by atoms with Crippen molar-refractivity contribution < 1.29 is 39.9 Å². The van der Waals surface area contributed by atoms with Crippen LogP contribution in [-0.4, -0.2) is 43.4 Å². The Morgan fingerprint density at radius 1 is 0.939 bits per heavy atom. The van der Waals surface area contributed by atoms with Gasteiger partial charge in [0.25, 0.3) is 0 Å². The van der Waals surface area contributed by atoms with Crippen molar-refractivity contribution in [2.75, 3.05) is 0 Å². The summed E-state index contributed by atoms with van der Waals surface area (Å²) in [6.07, 6.45) is 3.39. The Kier molecular flexibility index (Phi) is 6.30. The molecule has 1 aliphatic rings. The van der Waals surface area contributed by atoms with Crippen molar-refractivity contribution in [1.82, 2.24) is 0 Å². The van der Waals surface area contributed by atoms with Gasteiger partial charge in [-0.15, -0.1) is 0 Å². The molecule has 3 rings (SSSR count). The summed E-state index contributed by atoms with van der Waals surface area (Å²) in [6, 6.07) is 4.25. The largest absolute Gasteiger partial charge is 0.507 e. The number of hydrogen-bond donors (Lipinski definition) is 5. The van der Waals surface area contributed by atoms with E-state index in [1.807, 2.05) is 19.9 Å². The summed E-state index contributed by atoms with van der Waals surface area (Å²) in [4.78, 5) is 35.1. The van der Waals surface area contributed by atoms with Crippen LogP contribution in [0.1, 0.15) is 69.2 Å². The SMILES string of the molecule is C=C(C)[C@@H]1CCC(C)=C[C@H]1c1c(O)cc(-c2cc(C(=O)O)cc(C(=O)O)c2)c(C(=O)O)c1O. The Balaban J connectivity index is 2.33. The first kappa shape index (κ1) is 23.6. The molecule has 0 heterocycles. The van der Waals surface area contributed by atoms with E-state index in [0.717, 1.165) is 41.8 Å². The summed E-state index contributed by atoms with van der Waals surface area (Å²) in [6.45, 7) is 7.73. The molecule has 0 saturated heterocycles. The van der Waals surface area contributed by atoms with Crippen molar-refractivity contribution >= 4 is 17.9 Å². The normalized spacial score (nSPS) is 17.8. The molecule has 2 aromatic carbocycles. The second kappa shape index (κ2) is 8.82. The lowest BCUT2D eigenvalue weighted by Gasteiger charge is -2.32. The smallest absolute Gasteiger partial charge is 0.340 e. The number of allylic oxidation sites excluding steroid dienone is 3. The number of benzene rings is 2. The minimum absolute atomic E-state index is 0.0380. The summed E-state index contributed by atoms with van der Waals surface area (Å²) in [5.41, 5.74) is 0.301. The molecule has 5 N–H and O–H groups in total. The molecule has 0 fully saturated rings. The maximum atomic E-state index is 12.2. The predicted octanol–water partition coefficient (Wildman–Crippen LogP) is 4.88. The summed E-state index contributed by atoms with van der Waals surface area (Å²) < 4.78 is 0. The maximum Gasteiger partial charge on any atom is 0.340 e. The van der Waals surface area contributed by atoms with Crippen LogP contribution in [0.15, 0.2) is 48.1 Å². The second-order valence-corrected chi connectivity index (χ2v) is 8.33. The van der Waals surface area contributed by atoms with Gasteiger partial charge in [0.2, 0.25) is 0 Å². The van der Waals surface area contributed by atoms with E-state index in [2.05, 4.69) is 6.58 Å². The van der Waals surface area contributed by atoms with Crippen molar-refractivity contribution in [3.8, 4) is 22.6 Å². The molecule has 33 heavy (non-hydrogen) atoms. The van der Waals surface area contributed by atoms with E-state index in [9.17, 15) is 39.9 Å². The lowest BCUT2D eigenvalue weighted by Crippen LogP contribution is -2.18. The van der Waals surface area contributed by atoms with Crippen LogP contribution in [0, 0.1) is 5.92 Å². The Labute approximate surface area is 189 Å². The Morgan fingerprint density at radius 3 is 2.00 bits per heavy atom. The van der Waals surface area contributed by atoms with Crippen LogP contribution in [-0.2, 0) is 0 Å². The van der Waals surface area contributed by atoms with Crippen LogP contribution >= 0.6 is 0 Å². The number of carbonyl (C=O) groups is 3.